The highest BCUT2D eigenvalue weighted by Gasteiger charge is 2.28. The van der Waals surface area contributed by atoms with Crippen molar-refractivity contribution in [1.82, 2.24) is 0 Å². The number of hydrogen-bond donors (Lipinski definition) is 0. The van der Waals surface area contributed by atoms with Crippen molar-refractivity contribution in [2.75, 3.05) is 13.7 Å². The monoisotopic (exact) mass is 332 g/mol. The van der Waals surface area contributed by atoms with Crippen molar-refractivity contribution in [2.45, 2.75) is 51.4 Å². The third-order valence-electron chi connectivity index (χ3n) is 4.22. The van der Waals surface area contributed by atoms with Crippen LogP contribution in [0.25, 0.3) is 0 Å². The SMILES string of the molecule is C=CC[C@H]1CC(=O)C[C@@H](C[C@@H](C)COCc2ccc(OC)cc2)O1. The van der Waals surface area contributed by atoms with Gasteiger partial charge in [0.1, 0.15) is 11.5 Å². The highest BCUT2D eigenvalue weighted by Crippen LogP contribution is 2.24. The van der Waals surface area contributed by atoms with Crippen molar-refractivity contribution in [3.63, 3.8) is 0 Å². The zero-order valence-electron chi connectivity index (χ0n) is 14.7. The molecule has 1 saturated heterocycles. The molecule has 1 aliphatic heterocycles. The molecule has 0 aliphatic carbocycles. The number of Topliss-reactive ketones (excluding diaryl/α,β-unsaturated/α-hetero) is 1. The predicted molar refractivity (Wildman–Crippen MR) is 94.1 cm³/mol. The molecule has 132 valence electrons. The summed E-state index contributed by atoms with van der Waals surface area (Å²) in [4.78, 5) is 11.8. The number of ether oxygens (including phenoxy) is 3. The van der Waals surface area contributed by atoms with Crippen molar-refractivity contribution in [2.24, 2.45) is 5.92 Å². The molecule has 0 radical (unpaired) electrons. The molecule has 0 amide bonds. The van der Waals surface area contributed by atoms with E-state index >= 15 is 0 Å². The molecule has 1 aromatic rings. The Hall–Kier alpha value is -1.65. The Kier molecular flexibility index (Phi) is 7.47. The third kappa shape index (κ3) is 6.10. The van der Waals surface area contributed by atoms with Crippen LogP contribution in [0, 0.1) is 5.92 Å². The maximum absolute atomic E-state index is 11.8. The van der Waals surface area contributed by atoms with Gasteiger partial charge in [0.05, 0.1) is 25.9 Å². The van der Waals surface area contributed by atoms with E-state index in [-0.39, 0.29) is 12.2 Å². The highest BCUT2D eigenvalue weighted by atomic mass is 16.5. The van der Waals surface area contributed by atoms with Crippen molar-refractivity contribution >= 4 is 5.78 Å². The van der Waals surface area contributed by atoms with Gasteiger partial charge in [0.15, 0.2) is 0 Å². The molecule has 1 aromatic carbocycles. The van der Waals surface area contributed by atoms with Gasteiger partial charge in [0.2, 0.25) is 0 Å². The maximum atomic E-state index is 11.8. The number of hydrogen-bond acceptors (Lipinski definition) is 4. The van der Waals surface area contributed by atoms with Gasteiger partial charge in [0.25, 0.3) is 0 Å². The Labute approximate surface area is 144 Å². The molecule has 0 bridgehead atoms. The van der Waals surface area contributed by atoms with Crippen LogP contribution >= 0.6 is 0 Å². The summed E-state index contributed by atoms with van der Waals surface area (Å²) in [6, 6.07) is 7.88. The van der Waals surface area contributed by atoms with E-state index in [0.29, 0.717) is 37.8 Å². The minimum absolute atomic E-state index is 0.00108. The lowest BCUT2D eigenvalue weighted by Crippen LogP contribution is -2.34. The molecule has 4 heteroatoms. The number of ketones is 1. The molecule has 4 nitrogen and oxygen atoms in total. The molecule has 0 saturated carbocycles. The fraction of sp³-hybridized carbons (Fsp3) is 0.550. The van der Waals surface area contributed by atoms with Crippen LogP contribution in [0.4, 0.5) is 0 Å². The van der Waals surface area contributed by atoms with E-state index in [4.69, 9.17) is 14.2 Å². The van der Waals surface area contributed by atoms with Crippen LogP contribution in [0.1, 0.15) is 38.2 Å². The predicted octanol–water partition coefficient (Wildman–Crippen LogP) is 3.93. The van der Waals surface area contributed by atoms with Crippen LogP contribution in [0.2, 0.25) is 0 Å². The smallest absolute Gasteiger partial charge is 0.138 e. The summed E-state index contributed by atoms with van der Waals surface area (Å²) >= 11 is 0. The first kappa shape index (κ1) is 18.7. The average molecular weight is 332 g/mol. The van der Waals surface area contributed by atoms with Crippen LogP contribution in [-0.2, 0) is 20.9 Å². The minimum atomic E-state index is 0.00108. The van der Waals surface area contributed by atoms with Crippen molar-refractivity contribution in [1.29, 1.82) is 0 Å². The van der Waals surface area contributed by atoms with Crippen LogP contribution in [0.5, 0.6) is 5.75 Å². The average Bonchev–Trinajstić information content (AvgIpc) is 2.55. The van der Waals surface area contributed by atoms with E-state index in [1.807, 2.05) is 30.3 Å². The Bertz CT molecular complexity index is 523. The molecule has 2 rings (SSSR count). The van der Waals surface area contributed by atoms with Crippen LogP contribution in [-0.4, -0.2) is 31.7 Å². The molecule has 0 N–H and O–H groups in total. The fourth-order valence-electron chi connectivity index (χ4n) is 3.04. The summed E-state index contributed by atoms with van der Waals surface area (Å²) in [7, 11) is 1.66. The molecular weight excluding hydrogens is 304 g/mol. The Morgan fingerprint density at radius 3 is 2.67 bits per heavy atom. The summed E-state index contributed by atoms with van der Waals surface area (Å²) in [5.41, 5.74) is 1.12. The molecular formula is C20H28O4. The number of methoxy groups -OCH3 is 1. The molecule has 24 heavy (non-hydrogen) atoms. The normalized spacial score (nSPS) is 22.2. The topological polar surface area (TPSA) is 44.8 Å². The zero-order valence-corrected chi connectivity index (χ0v) is 14.7. The van der Waals surface area contributed by atoms with Crippen LogP contribution in [0.3, 0.4) is 0 Å². The highest BCUT2D eigenvalue weighted by molar-refractivity contribution is 5.80. The number of carbonyl (C=O) groups excluding carboxylic acids is 1. The maximum Gasteiger partial charge on any atom is 0.138 e. The Morgan fingerprint density at radius 1 is 1.29 bits per heavy atom. The van der Waals surface area contributed by atoms with E-state index in [1.165, 1.54) is 0 Å². The third-order valence-corrected chi connectivity index (χ3v) is 4.22. The molecule has 1 fully saturated rings. The zero-order chi connectivity index (χ0) is 17.4. The first-order chi connectivity index (χ1) is 11.6. The van der Waals surface area contributed by atoms with E-state index in [1.54, 1.807) is 7.11 Å². The summed E-state index contributed by atoms with van der Waals surface area (Å²) in [5, 5.41) is 0. The standard InChI is InChI=1S/C20H28O4/c1-4-5-19-11-17(21)12-20(24-19)10-15(2)13-23-14-16-6-8-18(22-3)9-7-16/h4,6-9,15,19-20H,1,5,10-14H2,2-3H3/t15-,19+,20-/m1/s1. The quantitative estimate of drug-likeness (QED) is 0.643. The lowest BCUT2D eigenvalue weighted by Gasteiger charge is -2.30. The lowest BCUT2D eigenvalue weighted by atomic mass is 9.94. The second kappa shape index (κ2) is 9.60. The van der Waals surface area contributed by atoms with Crippen molar-refractivity contribution in [3.05, 3.63) is 42.5 Å². The van der Waals surface area contributed by atoms with Gasteiger partial charge in [-0.15, -0.1) is 6.58 Å². The van der Waals surface area contributed by atoms with E-state index in [0.717, 1.165) is 24.2 Å². The lowest BCUT2D eigenvalue weighted by molar-refractivity contribution is -0.136. The first-order valence-electron chi connectivity index (χ1n) is 8.59. The van der Waals surface area contributed by atoms with Crippen molar-refractivity contribution < 1.29 is 19.0 Å². The second-order valence-corrected chi connectivity index (χ2v) is 6.56. The van der Waals surface area contributed by atoms with Gasteiger partial charge in [-0.2, -0.15) is 0 Å². The molecule has 0 spiro atoms. The second-order valence-electron chi connectivity index (χ2n) is 6.56. The van der Waals surface area contributed by atoms with E-state index in [9.17, 15) is 4.79 Å². The summed E-state index contributed by atoms with van der Waals surface area (Å²) in [6.07, 6.45) is 4.47. The summed E-state index contributed by atoms with van der Waals surface area (Å²) in [6.45, 7) is 7.10. The van der Waals surface area contributed by atoms with Crippen molar-refractivity contribution in [3.8, 4) is 5.75 Å². The minimum Gasteiger partial charge on any atom is -0.497 e. The van der Waals surface area contributed by atoms with Crippen LogP contribution < -0.4 is 4.74 Å². The van der Waals surface area contributed by atoms with Gasteiger partial charge in [0, 0.05) is 19.4 Å². The summed E-state index contributed by atoms with van der Waals surface area (Å²) in [5.74, 6) is 1.49. The molecule has 0 aromatic heterocycles. The van der Waals surface area contributed by atoms with Gasteiger partial charge in [-0.25, -0.2) is 0 Å². The fourth-order valence-corrected chi connectivity index (χ4v) is 3.04. The molecule has 1 aliphatic rings. The first-order valence-corrected chi connectivity index (χ1v) is 8.59. The number of rotatable bonds is 9. The Morgan fingerprint density at radius 2 is 2.00 bits per heavy atom. The molecule has 1 heterocycles. The Balaban J connectivity index is 1.71. The van der Waals surface area contributed by atoms with E-state index in [2.05, 4.69) is 13.5 Å². The van der Waals surface area contributed by atoms with Crippen LogP contribution in [0.15, 0.2) is 36.9 Å². The number of benzene rings is 1. The van der Waals surface area contributed by atoms with Gasteiger partial charge in [-0.3, -0.25) is 4.79 Å². The van der Waals surface area contributed by atoms with Gasteiger partial charge < -0.3 is 14.2 Å². The van der Waals surface area contributed by atoms with Gasteiger partial charge in [-0.1, -0.05) is 25.1 Å². The molecule has 0 unspecified atom stereocenters. The van der Waals surface area contributed by atoms with Gasteiger partial charge in [-0.05, 0) is 36.5 Å². The summed E-state index contributed by atoms with van der Waals surface area (Å²) < 4.78 is 16.9. The van der Waals surface area contributed by atoms with Gasteiger partial charge >= 0.3 is 0 Å². The number of carbonyl (C=O) groups is 1. The van der Waals surface area contributed by atoms with E-state index < -0.39 is 0 Å². The molecule has 3 atom stereocenters. The largest absolute Gasteiger partial charge is 0.497 e.